The summed E-state index contributed by atoms with van der Waals surface area (Å²) in [5.41, 5.74) is -0.147. The molecule has 0 fully saturated rings. The molecule has 3 aromatic rings. The molecule has 0 radical (unpaired) electrons. The fourth-order valence-corrected chi connectivity index (χ4v) is 2.72. The second kappa shape index (κ2) is 6.21. The van der Waals surface area contributed by atoms with Crippen molar-refractivity contribution in [3.63, 3.8) is 0 Å². The highest BCUT2D eigenvalue weighted by Gasteiger charge is 2.10. The minimum absolute atomic E-state index is 0.120. The van der Waals surface area contributed by atoms with Gasteiger partial charge in [-0.3, -0.25) is 9.36 Å². The van der Waals surface area contributed by atoms with Crippen LogP contribution >= 0.6 is 11.3 Å². The normalized spacial score (nSPS) is 12.8. The first kappa shape index (κ1) is 14.0. The van der Waals surface area contributed by atoms with Gasteiger partial charge in [0.15, 0.2) is 0 Å². The summed E-state index contributed by atoms with van der Waals surface area (Å²) in [5.74, 6) is 0.695. The molecule has 0 saturated carbocycles. The molecule has 110 valence electrons. The van der Waals surface area contributed by atoms with Crippen molar-refractivity contribution in [1.29, 1.82) is 0 Å². The summed E-state index contributed by atoms with van der Waals surface area (Å²) in [6.45, 7) is 0.561. The van der Waals surface area contributed by atoms with Gasteiger partial charge in [-0.05, 0) is 23.6 Å². The molecular formula is C14H14N2O4S. The number of rotatable bonds is 6. The molecule has 0 aliphatic rings. The number of ether oxygens (including phenoxy) is 1. The van der Waals surface area contributed by atoms with Gasteiger partial charge in [-0.1, -0.05) is 0 Å². The summed E-state index contributed by atoms with van der Waals surface area (Å²) >= 11 is 1.42. The molecular weight excluding hydrogens is 292 g/mol. The molecule has 0 bridgehead atoms. The van der Waals surface area contributed by atoms with Gasteiger partial charge < -0.3 is 14.3 Å². The molecule has 6 nitrogen and oxygen atoms in total. The molecule has 1 unspecified atom stereocenters. The molecule has 7 heteroatoms. The van der Waals surface area contributed by atoms with E-state index in [9.17, 15) is 9.90 Å². The van der Waals surface area contributed by atoms with E-state index in [0.29, 0.717) is 22.6 Å². The van der Waals surface area contributed by atoms with E-state index in [2.05, 4.69) is 4.98 Å². The van der Waals surface area contributed by atoms with Gasteiger partial charge in [0, 0.05) is 0 Å². The first-order valence-electron chi connectivity index (χ1n) is 6.45. The third kappa shape index (κ3) is 3.21. The van der Waals surface area contributed by atoms with Crippen LogP contribution in [-0.4, -0.2) is 27.4 Å². The average Bonchev–Trinajstić information content (AvgIpc) is 3.13. The number of aliphatic hydroxyl groups is 1. The van der Waals surface area contributed by atoms with E-state index < -0.39 is 6.10 Å². The molecule has 1 N–H and O–H groups in total. The van der Waals surface area contributed by atoms with E-state index in [4.69, 9.17) is 9.15 Å². The number of thiophene rings is 1. The van der Waals surface area contributed by atoms with E-state index >= 15 is 0 Å². The SMILES string of the molecule is O=c1c2ccsc2ncn1CC(O)COCc1ccco1. The Balaban J connectivity index is 1.59. The van der Waals surface area contributed by atoms with Crippen LogP contribution in [0.15, 0.2) is 45.4 Å². The van der Waals surface area contributed by atoms with E-state index in [1.165, 1.54) is 22.2 Å². The quantitative estimate of drug-likeness (QED) is 0.749. The summed E-state index contributed by atoms with van der Waals surface area (Å²) in [5, 5.41) is 12.3. The predicted octanol–water partition coefficient (Wildman–Crippen LogP) is 1.63. The van der Waals surface area contributed by atoms with Gasteiger partial charge in [0.1, 0.15) is 17.2 Å². The number of fused-ring (bicyclic) bond motifs is 1. The molecule has 21 heavy (non-hydrogen) atoms. The number of aliphatic hydroxyl groups excluding tert-OH is 1. The van der Waals surface area contributed by atoms with Crippen molar-refractivity contribution in [2.75, 3.05) is 6.61 Å². The van der Waals surface area contributed by atoms with E-state index in [-0.39, 0.29) is 18.7 Å². The maximum absolute atomic E-state index is 12.1. The maximum Gasteiger partial charge on any atom is 0.262 e. The molecule has 3 heterocycles. The van der Waals surface area contributed by atoms with Crippen LogP contribution in [0.4, 0.5) is 0 Å². The Bertz CT molecular complexity index is 763. The van der Waals surface area contributed by atoms with Crippen molar-refractivity contribution in [2.45, 2.75) is 19.3 Å². The van der Waals surface area contributed by atoms with Crippen molar-refractivity contribution >= 4 is 21.6 Å². The van der Waals surface area contributed by atoms with Crippen LogP contribution in [0.3, 0.4) is 0 Å². The van der Waals surface area contributed by atoms with Crippen LogP contribution in [0.2, 0.25) is 0 Å². The Morgan fingerprint density at radius 1 is 1.48 bits per heavy atom. The summed E-state index contributed by atoms with van der Waals surface area (Å²) in [6, 6.07) is 5.31. The van der Waals surface area contributed by atoms with Crippen molar-refractivity contribution in [3.05, 3.63) is 52.3 Å². The summed E-state index contributed by atoms with van der Waals surface area (Å²) in [7, 11) is 0. The summed E-state index contributed by atoms with van der Waals surface area (Å²) in [4.78, 5) is 17.0. The smallest absolute Gasteiger partial charge is 0.262 e. The first-order valence-corrected chi connectivity index (χ1v) is 7.33. The van der Waals surface area contributed by atoms with Gasteiger partial charge in [-0.2, -0.15) is 0 Å². The molecule has 0 spiro atoms. The van der Waals surface area contributed by atoms with Crippen molar-refractivity contribution in [3.8, 4) is 0 Å². The number of hydrogen-bond donors (Lipinski definition) is 1. The van der Waals surface area contributed by atoms with E-state index in [1.807, 2.05) is 5.38 Å². The Morgan fingerprint density at radius 3 is 3.19 bits per heavy atom. The van der Waals surface area contributed by atoms with Crippen molar-refractivity contribution in [2.24, 2.45) is 0 Å². The van der Waals surface area contributed by atoms with Crippen LogP contribution in [0.1, 0.15) is 5.76 Å². The lowest BCUT2D eigenvalue weighted by atomic mass is 10.3. The van der Waals surface area contributed by atoms with Crippen LogP contribution < -0.4 is 5.56 Å². The van der Waals surface area contributed by atoms with Crippen LogP contribution in [0.5, 0.6) is 0 Å². The zero-order chi connectivity index (χ0) is 14.7. The molecule has 3 rings (SSSR count). The fraction of sp³-hybridized carbons (Fsp3) is 0.286. The second-order valence-electron chi connectivity index (χ2n) is 4.59. The van der Waals surface area contributed by atoms with Gasteiger partial charge in [0.25, 0.3) is 5.56 Å². The minimum Gasteiger partial charge on any atom is -0.467 e. The summed E-state index contributed by atoms with van der Waals surface area (Å²) in [6.07, 6.45) is 2.24. The van der Waals surface area contributed by atoms with Crippen LogP contribution in [0.25, 0.3) is 10.2 Å². The van der Waals surface area contributed by atoms with Crippen LogP contribution in [0, 0.1) is 0 Å². The fourth-order valence-electron chi connectivity index (χ4n) is 1.99. The van der Waals surface area contributed by atoms with Gasteiger partial charge in [0.2, 0.25) is 0 Å². The second-order valence-corrected chi connectivity index (χ2v) is 5.48. The highest BCUT2D eigenvalue weighted by molar-refractivity contribution is 7.16. The lowest BCUT2D eigenvalue weighted by Gasteiger charge is -2.12. The molecule has 1 atom stereocenters. The lowest BCUT2D eigenvalue weighted by molar-refractivity contribution is 0.0142. The Kier molecular flexibility index (Phi) is 4.14. The van der Waals surface area contributed by atoms with Gasteiger partial charge >= 0.3 is 0 Å². The van der Waals surface area contributed by atoms with E-state index in [1.54, 1.807) is 24.5 Å². The Hall–Kier alpha value is -1.96. The van der Waals surface area contributed by atoms with Gasteiger partial charge in [-0.25, -0.2) is 4.98 Å². The number of furan rings is 1. The first-order chi connectivity index (χ1) is 10.2. The zero-order valence-electron chi connectivity index (χ0n) is 11.1. The molecule has 0 aromatic carbocycles. The molecule has 0 saturated heterocycles. The predicted molar refractivity (Wildman–Crippen MR) is 78.3 cm³/mol. The molecule has 0 aliphatic carbocycles. The van der Waals surface area contributed by atoms with Crippen molar-refractivity contribution < 1.29 is 14.3 Å². The Labute approximate surface area is 124 Å². The zero-order valence-corrected chi connectivity index (χ0v) is 12.0. The minimum atomic E-state index is -0.782. The van der Waals surface area contributed by atoms with Crippen LogP contribution in [-0.2, 0) is 17.9 Å². The maximum atomic E-state index is 12.1. The number of hydrogen-bond acceptors (Lipinski definition) is 6. The molecule has 3 aromatic heterocycles. The standard InChI is InChI=1S/C14H14N2O4S/c17-10(7-19-8-11-2-1-4-20-11)6-16-9-15-13-12(14(16)18)3-5-21-13/h1-5,9-10,17H,6-8H2. The van der Waals surface area contributed by atoms with Gasteiger partial charge in [-0.15, -0.1) is 11.3 Å². The molecule has 0 aliphatic heterocycles. The monoisotopic (exact) mass is 306 g/mol. The van der Waals surface area contributed by atoms with E-state index in [0.717, 1.165) is 0 Å². The third-order valence-electron chi connectivity index (χ3n) is 2.99. The number of aromatic nitrogens is 2. The highest BCUT2D eigenvalue weighted by Crippen LogP contribution is 2.13. The largest absolute Gasteiger partial charge is 0.467 e. The van der Waals surface area contributed by atoms with Gasteiger partial charge in [0.05, 0.1) is 37.2 Å². The third-order valence-corrected chi connectivity index (χ3v) is 3.81. The summed E-state index contributed by atoms with van der Waals surface area (Å²) < 4.78 is 11.9. The molecule has 0 amide bonds. The van der Waals surface area contributed by atoms with Crippen molar-refractivity contribution in [1.82, 2.24) is 9.55 Å². The number of nitrogens with zero attached hydrogens (tertiary/aromatic N) is 2. The lowest BCUT2D eigenvalue weighted by Crippen LogP contribution is -2.29. The Morgan fingerprint density at radius 2 is 2.38 bits per heavy atom. The topological polar surface area (TPSA) is 77.5 Å². The highest BCUT2D eigenvalue weighted by atomic mass is 32.1. The average molecular weight is 306 g/mol.